The minimum atomic E-state index is -1.12. The average Bonchev–Trinajstić information content (AvgIpc) is 4.07. The van der Waals surface area contributed by atoms with E-state index in [4.69, 9.17) is 14.7 Å². The van der Waals surface area contributed by atoms with Crippen LogP contribution in [0.25, 0.3) is 55.1 Å². The molecule has 6 aromatic rings. The van der Waals surface area contributed by atoms with E-state index in [1.807, 2.05) is 44.7 Å². The van der Waals surface area contributed by atoms with Crippen LogP contribution in [0.2, 0.25) is 0 Å². The molecule has 4 N–H and O–H groups in total. The van der Waals surface area contributed by atoms with Crippen molar-refractivity contribution in [2.24, 2.45) is 11.8 Å². The Morgan fingerprint density at radius 3 is 1.67 bits per heavy atom. The van der Waals surface area contributed by atoms with Crippen molar-refractivity contribution in [1.82, 2.24) is 40.0 Å². The van der Waals surface area contributed by atoms with E-state index >= 15 is 0 Å². The average molecular weight is 813 g/mol. The number of hydrogen-bond acceptors (Lipinski definition) is 7. The Hall–Kier alpha value is -6.44. The number of alkyl carbamates (subject to hydrolysis) is 1. The Bertz CT molecular complexity index is 2610. The van der Waals surface area contributed by atoms with Crippen molar-refractivity contribution in [2.75, 3.05) is 27.2 Å². The molecule has 4 amide bonds. The second-order valence-corrected chi connectivity index (χ2v) is 16.8. The maximum Gasteiger partial charge on any atom is 0.407 e. The lowest BCUT2D eigenvalue weighted by Crippen LogP contribution is -2.51. The minimum Gasteiger partial charge on any atom is -0.465 e. The molecule has 2 aliphatic heterocycles. The van der Waals surface area contributed by atoms with E-state index in [9.17, 15) is 24.3 Å². The monoisotopic (exact) mass is 812 g/mol. The number of carboxylic acid groups (broad SMARTS) is 1. The molecule has 1 unspecified atom stereocenters. The van der Waals surface area contributed by atoms with Crippen LogP contribution in [0.1, 0.15) is 77.1 Å². The van der Waals surface area contributed by atoms with Gasteiger partial charge in [0.1, 0.15) is 23.7 Å². The first-order valence-corrected chi connectivity index (χ1v) is 20.8. The number of carbonyl (C=O) groups is 4. The minimum absolute atomic E-state index is 0.115. The number of imidazole rings is 2. The summed E-state index contributed by atoms with van der Waals surface area (Å²) in [5, 5.41) is 14.6. The Labute approximate surface area is 348 Å². The molecule has 2 aromatic heterocycles. The van der Waals surface area contributed by atoms with Gasteiger partial charge in [-0.25, -0.2) is 19.6 Å². The van der Waals surface area contributed by atoms with Gasteiger partial charge in [-0.1, -0.05) is 64.1 Å². The molecule has 4 heterocycles. The van der Waals surface area contributed by atoms with Gasteiger partial charge < -0.3 is 34.9 Å². The molecule has 2 fully saturated rings. The summed E-state index contributed by atoms with van der Waals surface area (Å²) >= 11 is 0. The van der Waals surface area contributed by atoms with E-state index in [1.54, 1.807) is 4.90 Å². The molecule has 0 aliphatic carbocycles. The highest BCUT2D eigenvalue weighted by Gasteiger charge is 2.40. The Balaban J connectivity index is 1.03. The van der Waals surface area contributed by atoms with Gasteiger partial charge in [-0.05, 0) is 107 Å². The van der Waals surface area contributed by atoms with Crippen LogP contribution in [-0.4, -0.2) is 103 Å². The molecule has 2 saturated heterocycles. The lowest BCUT2D eigenvalue weighted by Gasteiger charge is -2.33. The third-order valence-corrected chi connectivity index (χ3v) is 12.2. The summed E-state index contributed by atoms with van der Waals surface area (Å²) in [6.45, 7) is 8.69. The lowest BCUT2D eigenvalue weighted by atomic mass is 9.97. The van der Waals surface area contributed by atoms with Gasteiger partial charge in [0.2, 0.25) is 11.8 Å². The number of fused-ring (bicyclic) bond motifs is 3. The molecule has 312 valence electrons. The normalized spacial score (nSPS) is 17.9. The summed E-state index contributed by atoms with van der Waals surface area (Å²) in [6.07, 6.45) is 1.43. The van der Waals surface area contributed by atoms with Gasteiger partial charge in [0.05, 0.1) is 41.3 Å². The Morgan fingerprint density at radius 1 is 0.717 bits per heavy atom. The van der Waals surface area contributed by atoms with Gasteiger partial charge in [0, 0.05) is 20.1 Å². The molecule has 14 heteroatoms. The number of ether oxygens (including phenoxy) is 1. The van der Waals surface area contributed by atoms with Gasteiger partial charge in [-0.3, -0.25) is 14.5 Å². The largest absolute Gasteiger partial charge is 0.465 e. The smallest absolute Gasteiger partial charge is 0.407 e. The molecule has 0 spiro atoms. The number of likely N-dealkylation sites (tertiary alicyclic amines) is 2. The Kier molecular flexibility index (Phi) is 11.0. The molecular formula is C46H52N8O6. The third kappa shape index (κ3) is 7.62. The van der Waals surface area contributed by atoms with Gasteiger partial charge >= 0.3 is 12.2 Å². The standard InChI is InChI=1S/C46H52N8O6/c1-25(2)39(51-45(57)60-6)43(55)53-19-7-9-37(53)41-47-33-17-15-30(23-35(33)49-41)28-13-11-27-12-14-29(22-32(27)21-28)31-16-18-34-36(24-31)50-42(48-34)38-10-8-20-54(38)44(56)40(26(3)4)52(5)46(58)59/h11-18,21-26,37-40H,7-10,19-20H2,1-6H3,(H,47,49)(H,48,50)(H,51,57)(H,58,59)/t37?,38-,39-,40+/m0/s1. The van der Waals surface area contributed by atoms with Crippen molar-refractivity contribution < 1.29 is 29.0 Å². The quantitative estimate of drug-likeness (QED) is 0.107. The van der Waals surface area contributed by atoms with E-state index in [-0.39, 0.29) is 35.7 Å². The van der Waals surface area contributed by atoms with E-state index in [0.29, 0.717) is 18.9 Å². The highest BCUT2D eigenvalue weighted by Crippen LogP contribution is 2.37. The highest BCUT2D eigenvalue weighted by molar-refractivity contribution is 5.93. The van der Waals surface area contributed by atoms with Crippen LogP contribution in [0.3, 0.4) is 0 Å². The maximum absolute atomic E-state index is 13.8. The number of H-pyrrole nitrogens is 2. The fourth-order valence-electron chi connectivity index (χ4n) is 9.03. The van der Waals surface area contributed by atoms with Crippen LogP contribution in [0.4, 0.5) is 9.59 Å². The van der Waals surface area contributed by atoms with Crippen molar-refractivity contribution in [2.45, 2.75) is 77.5 Å². The molecule has 4 atom stereocenters. The van der Waals surface area contributed by atoms with Crippen molar-refractivity contribution in [1.29, 1.82) is 0 Å². The summed E-state index contributed by atoms with van der Waals surface area (Å²) in [7, 11) is 2.75. The topological polar surface area (TPSA) is 177 Å². The number of aromatic nitrogens is 4. The van der Waals surface area contributed by atoms with E-state index in [0.717, 1.165) is 91.5 Å². The number of likely N-dealkylation sites (N-methyl/N-ethyl adjacent to an activating group) is 1. The molecule has 0 saturated carbocycles. The fraction of sp³-hybridized carbons (Fsp3) is 0.391. The highest BCUT2D eigenvalue weighted by atomic mass is 16.5. The number of benzene rings is 4. The maximum atomic E-state index is 13.8. The van der Waals surface area contributed by atoms with E-state index in [1.165, 1.54) is 14.2 Å². The molecule has 4 aromatic carbocycles. The van der Waals surface area contributed by atoms with Gasteiger partial charge in [0.25, 0.3) is 0 Å². The van der Waals surface area contributed by atoms with E-state index in [2.05, 4.69) is 75.9 Å². The van der Waals surface area contributed by atoms with E-state index < -0.39 is 24.3 Å². The zero-order valence-electron chi connectivity index (χ0n) is 34.9. The van der Waals surface area contributed by atoms with Crippen LogP contribution in [0.15, 0.2) is 72.8 Å². The van der Waals surface area contributed by atoms with Crippen molar-refractivity contribution in [3.63, 3.8) is 0 Å². The number of aromatic amines is 2. The van der Waals surface area contributed by atoms with Gasteiger partial charge in [-0.2, -0.15) is 0 Å². The molecule has 0 radical (unpaired) electrons. The number of amides is 4. The number of nitrogens with zero attached hydrogens (tertiary/aromatic N) is 5. The Morgan fingerprint density at radius 2 is 1.20 bits per heavy atom. The SMILES string of the molecule is COC(=O)N[C@H](C(=O)N1CCCC1c1nc2cc(-c3ccc4ccc(-c5ccc6[nH]c([C@@H]7CCCN7C(=O)[C@@H](C(C)C)N(C)C(=O)O)nc6c5)cc4c3)ccc2[nH]1)C(C)C. The van der Waals surface area contributed by atoms with Crippen molar-refractivity contribution in [3.8, 4) is 22.3 Å². The number of rotatable bonds is 10. The number of carbonyl (C=O) groups excluding carboxylic acids is 3. The summed E-state index contributed by atoms with van der Waals surface area (Å²) in [4.78, 5) is 72.9. The molecule has 14 nitrogen and oxygen atoms in total. The van der Waals surface area contributed by atoms with Crippen LogP contribution >= 0.6 is 0 Å². The zero-order valence-corrected chi connectivity index (χ0v) is 34.9. The predicted molar refractivity (Wildman–Crippen MR) is 230 cm³/mol. The summed E-state index contributed by atoms with van der Waals surface area (Å²) < 4.78 is 4.79. The first kappa shape index (κ1) is 40.3. The molecule has 0 bridgehead atoms. The van der Waals surface area contributed by atoms with Gasteiger partial charge in [0.15, 0.2) is 0 Å². The first-order chi connectivity index (χ1) is 28.8. The molecule has 8 rings (SSSR count). The number of hydrogen-bond donors (Lipinski definition) is 4. The summed E-state index contributed by atoms with van der Waals surface area (Å²) in [5.41, 5.74) is 7.51. The number of nitrogens with one attached hydrogen (secondary N) is 3. The molecule has 60 heavy (non-hydrogen) atoms. The van der Waals surface area contributed by atoms with Crippen LogP contribution < -0.4 is 5.32 Å². The van der Waals surface area contributed by atoms with Gasteiger partial charge in [-0.15, -0.1) is 0 Å². The summed E-state index contributed by atoms with van der Waals surface area (Å²) in [6, 6.07) is 23.2. The molecule has 2 aliphatic rings. The van der Waals surface area contributed by atoms with Crippen LogP contribution in [0.5, 0.6) is 0 Å². The zero-order chi connectivity index (χ0) is 42.4. The van der Waals surface area contributed by atoms with Crippen molar-refractivity contribution >= 4 is 56.8 Å². The summed E-state index contributed by atoms with van der Waals surface area (Å²) in [5.74, 6) is 0.808. The fourth-order valence-corrected chi connectivity index (χ4v) is 9.03. The van der Waals surface area contributed by atoms with Crippen molar-refractivity contribution in [3.05, 3.63) is 84.4 Å². The lowest BCUT2D eigenvalue weighted by molar-refractivity contribution is -0.138. The first-order valence-electron chi connectivity index (χ1n) is 20.8. The third-order valence-electron chi connectivity index (χ3n) is 12.2. The number of methoxy groups -OCH3 is 1. The predicted octanol–water partition coefficient (Wildman–Crippen LogP) is 8.27. The van der Waals surface area contributed by atoms with Crippen LogP contribution in [-0.2, 0) is 14.3 Å². The molecular weight excluding hydrogens is 761 g/mol. The second-order valence-electron chi connectivity index (χ2n) is 16.8. The second kappa shape index (κ2) is 16.3. The van der Waals surface area contributed by atoms with Crippen LogP contribution in [0, 0.1) is 11.8 Å².